The van der Waals surface area contributed by atoms with Crippen LogP contribution in [-0.4, -0.2) is 17.7 Å². The zero-order valence-corrected chi connectivity index (χ0v) is 9.81. The van der Waals surface area contributed by atoms with E-state index in [1.807, 2.05) is 0 Å². The van der Waals surface area contributed by atoms with Gasteiger partial charge in [0.2, 0.25) is 0 Å². The molecule has 0 atom stereocenters. The van der Waals surface area contributed by atoms with E-state index >= 15 is 0 Å². The maximum atomic E-state index is 10.9. The molecule has 0 spiro atoms. The first-order valence-corrected chi connectivity index (χ1v) is 5.47. The minimum atomic E-state index is -0.566. The molecule has 1 rings (SSSR count). The fraction of sp³-hybridized carbons (Fsp3) is 0.308. The summed E-state index contributed by atoms with van der Waals surface area (Å²) in [5, 5.41) is 9.63. The Balaban J connectivity index is 2.65. The Morgan fingerprint density at radius 3 is 2.88 bits per heavy atom. The maximum absolute atomic E-state index is 10.9. The van der Waals surface area contributed by atoms with Crippen molar-refractivity contribution in [3.8, 4) is 17.2 Å². The van der Waals surface area contributed by atoms with Gasteiger partial charge >= 0.3 is 5.97 Å². The molecule has 0 saturated carbocycles. The van der Waals surface area contributed by atoms with Gasteiger partial charge in [0.15, 0.2) is 11.5 Å². The third kappa shape index (κ3) is 4.18. The highest BCUT2D eigenvalue weighted by Crippen LogP contribution is 2.30. The van der Waals surface area contributed by atoms with Crippen LogP contribution < -0.4 is 9.47 Å². The minimum absolute atomic E-state index is 0.0459. The maximum Gasteiger partial charge on any atom is 0.335 e. The second-order valence-corrected chi connectivity index (χ2v) is 3.46. The van der Waals surface area contributed by atoms with Crippen LogP contribution in [0, 0.1) is 0 Å². The van der Waals surface area contributed by atoms with Crippen LogP contribution in [0.1, 0.15) is 19.8 Å². The van der Waals surface area contributed by atoms with Crippen molar-refractivity contribution >= 4 is 5.97 Å². The number of ether oxygens (including phenoxy) is 2. The van der Waals surface area contributed by atoms with E-state index in [0.717, 1.165) is 18.9 Å². The summed E-state index contributed by atoms with van der Waals surface area (Å²) in [5.41, 5.74) is 0. The van der Waals surface area contributed by atoms with E-state index in [4.69, 9.17) is 9.47 Å². The first kappa shape index (κ1) is 13.1. The number of carbonyl (C=O) groups is 1. The molecule has 0 aliphatic rings. The molecule has 0 aromatic heterocycles. The molecule has 0 saturated heterocycles. The van der Waals surface area contributed by atoms with E-state index in [9.17, 15) is 9.90 Å². The molecular formula is C13H16O4. The number of carbonyl (C=O) groups excluding carboxylic acids is 1. The van der Waals surface area contributed by atoms with Crippen molar-refractivity contribution < 1.29 is 19.4 Å². The molecule has 1 N–H and O–H groups in total. The molecule has 0 bridgehead atoms. The summed E-state index contributed by atoms with van der Waals surface area (Å²) < 4.78 is 10.2. The Bertz CT molecular complexity index is 398. The number of aromatic hydroxyl groups is 1. The Hall–Kier alpha value is -1.97. The minimum Gasteiger partial charge on any atom is -0.504 e. The van der Waals surface area contributed by atoms with Crippen LogP contribution in [0.3, 0.4) is 0 Å². The largest absolute Gasteiger partial charge is 0.504 e. The highest BCUT2D eigenvalue weighted by Gasteiger charge is 2.06. The van der Waals surface area contributed by atoms with Gasteiger partial charge in [-0.15, -0.1) is 0 Å². The van der Waals surface area contributed by atoms with Crippen molar-refractivity contribution in [2.75, 3.05) is 6.61 Å². The van der Waals surface area contributed by atoms with Crippen LogP contribution in [0.4, 0.5) is 0 Å². The molecule has 1 aromatic rings. The molecule has 0 unspecified atom stereocenters. The van der Waals surface area contributed by atoms with E-state index in [2.05, 4.69) is 13.5 Å². The molecule has 4 heteroatoms. The molecule has 92 valence electrons. The predicted octanol–water partition coefficient (Wildman–Crippen LogP) is 2.66. The average Bonchev–Trinajstić information content (AvgIpc) is 2.32. The van der Waals surface area contributed by atoms with Gasteiger partial charge in [0, 0.05) is 12.1 Å². The van der Waals surface area contributed by atoms with Crippen molar-refractivity contribution in [1.82, 2.24) is 0 Å². The van der Waals surface area contributed by atoms with Gasteiger partial charge < -0.3 is 14.6 Å². The SMILES string of the molecule is C=CC(=O)Oc1ccc(OCCCC)c(O)c1. The Morgan fingerprint density at radius 1 is 1.53 bits per heavy atom. The van der Waals surface area contributed by atoms with Gasteiger partial charge in [-0.2, -0.15) is 0 Å². The standard InChI is InChI=1S/C13H16O4/c1-3-5-8-16-12-7-6-10(9-11(12)14)17-13(15)4-2/h4,6-7,9,14H,2-3,5,8H2,1H3. The molecule has 0 heterocycles. The van der Waals surface area contributed by atoms with Gasteiger partial charge in [-0.3, -0.25) is 0 Å². The summed E-state index contributed by atoms with van der Waals surface area (Å²) in [6.45, 7) is 5.89. The molecular weight excluding hydrogens is 220 g/mol. The van der Waals surface area contributed by atoms with Crippen molar-refractivity contribution in [2.24, 2.45) is 0 Å². The number of phenols is 1. The van der Waals surface area contributed by atoms with E-state index in [-0.39, 0.29) is 11.5 Å². The second-order valence-electron chi connectivity index (χ2n) is 3.46. The third-order valence-corrected chi connectivity index (χ3v) is 2.07. The molecule has 0 amide bonds. The average molecular weight is 236 g/mol. The fourth-order valence-electron chi connectivity index (χ4n) is 1.17. The number of hydrogen-bond acceptors (Lipinski definition) is 4. The Labute approximate surface area is 100 Å². The number of benzene rings is 1. The zero-order chi connectivity index (χ0) is 12.7. The van der Waals surface area contributed by atoms with E-state index in [1.165, 1.54) is 6.07 Å². The highest BCUT2D eigenvalue weighted by atomic mass is 16.5. The molecule has 0 aliphatic heterocycles. The summed E-state index contributed by atoms with van der Waals surface area (Å²) in [4.78, 5) is 10.9. The third-order valence-electron chi connectivity index (χ3n) is 2.07. The van der Waals surface area contributed by atoms with Crippen LogP contribution >= 0.6 is 0 Å². The monoisotopic (exact) mass is 236 g/mol. The number of phenolic OH excluding ortho intramolecular Hbond substituents is 1. The lowest BCUT2D eigenvalue weighted by atomic mass is 10.3. The molecule has 1 aromatic carbocycles. The topological polar surface area (TPSA) is 55.8 Å². The fourth-order valence-corrected chi connectivity index (χ4v) is 1.17. The molecule has 0 fully saturated rings. The van der Waals surface area contributed by atoms with Crippen molar-refractivity contribution in [3.05, 3.63) is 30.9 Å². The van der Waals surface area contributed by atoms with Crippen LogP contribution in [0.15, 0.2) is 30.9 Å². The zero-order valence-electron chi connectivity index (χ0n) is 9.81. The van der Waals surface area contributed by atoms with Crippen LogP contribution in [-0.2, 0) is 4.79 Å². The van der Waals surface area contributed by atoms with Gasteiger partial charge in [0.05, 0.1) is 6.61 Å². The van der Waals surface area contributed by atoms with E-state index in [0.29, 0.717) is 12.4 Å². The molecule has 0 radical (unpaired) electrons. The summed E-state index contributed by atoms with van der Waals surface area (Å²) >= 11 is 0. The quantitative estimate of drug-likeness (QED) is 0.357. The molecule has 0 aliphatic carbocycles. The van der Waals surface area contributed by atoms with Crippen LogP contribution in [0.25, 0.3) is 0 Å². The highest BCUT2D eigenvalue weighted by molar-refractivity contribution is 5.83. The van der Waals surface area contributed by atoms with E-state index < -0.39 is 5.97 Å². The summed E-state index contributed by atoms with van der Waals surface area (Å²) in [7, 11) is 0. The van der Waals surface area contributed by atoms with Gasteiger partial charge in [0.25, 0.3) is 0 Å². The number of rotatable bonds is 6. The molecule has 4 nitrogen and oxygen atoms in total. The van der Waals surface area contributed by atoms with Gasteiger partial charge in [-0.1, -0.05) is 19.9 Å². The summed E-state index contributed by atoms with van der Waals surface area (Å²) in [6.07, 6.45) is 3.01. The van der Waals surface area contributed by atoms with Crippen molar-refractivity contribution in [1.29, 1.82) is 0 Å². The first-order chi connectivity index (χ1) is 8.17. The smallest absolute Gasteiger partial charge is 0.335 e. The summed E-state index contributed by atoms with van der Waals surface area (Å²) in [5.74, 6) is 0.0339. The Morgan fingerprint density at radius 2 is 2.29 bits per heavy atom. The van der Waals surface area contributed by atoms with E-state index in [1.54, 1.807) is 12.1 Å². The second kappa shape index (κ2) is 6.58. The Kier molecular flexibility index (Phi) is 5.07. The number of hydrogen-bond donors (Lipinski definition) is 1. The first-order valence-electron chi connectivity index (χ1n) is 5.47. The van der Waals surface area contributed by atoms with Gasteiger partial charge in [-0.05, 0) is 18.6 Å². The van der Waals surface area contributed by atoms with Crippen molar-refractivity contribution in [3.63, 3.8) is 0 Å². The van der Waals surface area contributed by atoms with Crippen LogP contribution in [0.2, 0.25) is 0 Å². The molecule has 17 heavy (non-hydrogen) atoms. The van der Waals surface area contributed by atoms with Gasteiger partial charge in [-0.25, -0.2) is 4.79 Å². The lowest BCUT2D eigenvalue weighted by molar-refractivity contribution is -0.128. The summed E-state index contributed by atoms with van der Waals surface area (Å²) in [6, 6.07) is 4.46. The lowest BCUT2D eigenvalue weighted by Gasteiger charge is -2.08. The normalized spacial score (nSPS) is 9.71. The predicted molar refractivity (Wildman–Crippen MR) is 64.3 cm³/mol. The van der Waals surface area contributed by atoms with Crippen molar-refractivity contribution in [2.45, 2.75) is 19.8 Å². The van der Waals surface area contributed by atoms with Gasteiger partial charge in [0.1, 0.15) is 5.75 Å². The van der Waals surface area contributed by atoms with Crippen LogP contribution in [0.5, 0.6) is 17.2 Å². The lowest BCUT2D eigenvalue weighted by Crippen LogP contribution is -2.03. The number of esters is 1. The number of unbranched alkanes of at least 4 members (excludes halogenated alkanes) is 1.